The summed E-state index contributed by atoms with van der Waals surface area (Å²) in [5.41, 5.74) is 2.34. The number of rotatable bonds is 5. The van der Waals surface area contributed by atoms with Crippen molar-refractivity contribution in [2.75, 3.05) is 37.3 Å². The number of piperidine rings is 1. The molecule has 2 fully saturated rings. The predicted octanol–water partition coefficient (Wildman–Crippen LogP) is 2.14. The van der Waals surface area contributed by atoms with Crippen molar-refractivity contribution in [3.63, 3.8) is 0 Å². The lowest BCUT2D eigenvalue weighted by molar-refractivity contribution is -0.126. The predicted molar refractivity (Wildman–Crippen MR) is 104 cm³/mol. The molecule has 1 unspecified atom stereocenters. The molecule has 1 atom stereocenters. The van der Waals surface area contributed by atoms with E-state index in [1.807, 2.05) is 6.92 Å². The maximum atomic E-state index is 12.5. The van der Waals surface area contributed by atoms with E-state index in [1.54, 1.807) is 0 Å². The number of sulfonamides is 1. The quantitative estimate of drug-likeness (QED) is 0.851. The van der Waals surface area contributed by atoms with Gasteiger partial charge in [-0.3, -0.25) is 4.79 Å². The van der Waals surface area contributed by atoms with Crippen molar-refractivity contribution >= 4 is 21.6 Å². The van der Waals surface area contributed by atoms with Gasteiger partial charge in [-0.05, 0) is 50.3 Å². The molecule has 0 aromatic heterocycles. The second-order valence-electron chi connectivity index (χ2n) is 7.45. The summed E-state index contributed by atoms with van der Waals surface area (Å²) in [7, 11) is -3.15. The summed E-state index contributed by atoms with van der Waals surface area (Å²) in [6.07, 6.45) is 4.90. The molecule has 0 aliphatic carbocycles. The topological polar surface area (TPSA) is 69.7 Å². The Morgan fingerprint density at radius 1 is 1.08 bits per heavy atom. The number of amides is 1. The van der Waals surface area contributed by atoms with Crippen molar-refractivity contribution in [2.24, 2.45) is 5.92 Å². The maximum absolute atomic E-state index is 12.5. The van der Waals surface area contributed by atoms with Crippen LogP contribution >= 0.6 is 0 Å². The Labute approximate surface area is 156 Å². The van der Waals surface area contributed by atoms with Gasteiger partial charge in [0.25, 0.3) is 0 Å². The van der Waals surface area contributed by atoms with Crippen LogP contribution in [0, 0.1) is 5.92 Å². The van der Waals surface area contributed by atoms with Gasteiger partial charge >= 0.3 is 0 Å². The summed E-state index contributed by atoms with van der Waals surface area (Å²) in [6, 6.07) is 8.39. The van der Waals surface area contributed by atoms with E-state index in [0.29, 0.717) is 25.9 Å². The van der Waals surface area contributed by atoms with Crippen molar-refractivity contribution in [2.45, 2.75) is 38.6 Å². The minimum atomic E-state index is -3.15. The lowest BCUT2D eigenvalue weighted by Crippen LogP contribution is -2.43. The monoisotopic (exact) mass is 379 g/mol. The number of anilines is 1. The van der Waals surface area contributed by atoms with Crippen LogP contribution in [0.3, 0.4) is 0 Å². The Morgan fingerprint density at radius 2 is 1.65 bits per heavy atom. The zero-order valence-corrected chi connectivity index (χ0v) is 16.5. The minimum absolute atomic E-state index is 0.0225. The van der Waals surface area contributed by atoms with Gasteiger partial charge in [0.2, 0.25) is 15.9 Å². The highest BCUT2D eigenvalue weighted by molar-refractivity contribution is 7.88. The van der Waals surface area contributed by atoms with Crippen LogP contribution in [0.4, 0.5) is 5.69 Å². The van der Waals surface area contributed by atoms with Crippen LogP contribution < -0.4 is 10.2 Å². The van der Waals surface area contributed by atoms with E-state index < -0.39 is 10.0 Å². The van der Waals surface area contributed by atoms with Gasteiger partial charge in [-0.2, -0.15) is 0 Å². The number of benzene rings is 1. The first-order valence-electron chi connectivity index (χ1n) is 9.45. The van der Waals surface area contributed by atoms with Crippen LogP contribution in [-0.4, -0.2) is 51.1 Å². The minimum Gasteiger partial charge on any atom is -0.372 e. The second-order valence-corrected chi connectivity index (χ2v) is 9.43. The normalized spacial score (nSPS) is 20.9. The Bertz CT molecular complexity index is 719. The van der Waals surface area contributed by atoms with E-state index in [2.05, 4.69) is 34.5 Å². The summed E-state index contributed by atoms with van der Waals surface area (Å²) >= 11 is 0. The first-order chi connectivity index (χ1) is 12.3. The molecule has 1 N–H and O–H groups in total. The molecule has 2 aliphatic heterocycles. The lowest BCUT2D eigenvalue weighted by atomic mass is 9.96. The standard InChI is InChI=1S/C19H29N3O3S/c1-15(16-5-7-18(8-6-16)21-11-3-4-12-21)20-19(23)17-9-13-22(14-10-17)26(2,24)25/h5-8,15,17H,3-4,9-14H2,1-2H3,(H,20,23). The first-order valence-corrected chi connectivity index (χ1v) is 11.3. The molecular formula is C19H29N3O3S. The number of carbonyl (C=O) groups is 1. The summed E-state index contributed by atoms with van der Waals surface area (Å²) in [4.78, 5) is 14.9. The number of hydrogen-bond acceptors (Lipinski definition) is 4. The van der Waals surface area contributed by atoms with Crippen molar-refractivity contribution < 1.29 is 13.2 Å². The Balaban J connectivity index is 1.53. The molecule has 0 bridgehead atoms. The van der Waals surface area contributed by atoms with E-state index in [9.17, 15) is 13.2 Å². The van der Waals surface area contributed by atoms with Gasteiger partial charge in [-0.25, -0.2) is 12.7 Å². The molecule has 1 aromatic carbocycles. The van der Waals surface area contributed by atoms with Gasteiger partial charge in [-0.15, -0.1) is 0 Å². The van der Waals surface area contributed by atoms with Gasteiger partial charge in [0.1, 0.15) is 0 Å². The molecule has 2 heterocycles. The lowest BCUT2D eigenvalue weighted by Gasteiger charge is -2.30. The van der Waals surface area contributed by atoms with Crippen LogP contribution in [-0.2, 0) is 14.8 Å². The fraction of sp³-hybridized carbons (Fsp3) is 0.632. The molecule has 6 nitrogen and oxygen atoms in total. The third-order valence-electron chi connectivity index (χ3n) is 5.52. The van der Waals surface area contributed by atoms with Crippen LogP contribution in [0.15, 0.2) is 24.3 Å². The smallest absolute Gasteiger partial charge is 0.223 e. The van der Waals surface area contributed by atoms with Crippen LogP contribution in [0.5, 0.6) is 0 Å². The second kappa shape index (κ2) is 7.96. The fourth-order valence-corrected chi connectivity index (χ4v) is 4.69. The largest absolute Gasteiger partial charge is 0.372 e. The molecule has 0 spiro atoms. The first kappa shape index (κ1) is 19.2. The Kier molecular flexibility index (Phi) is 5.87. The average Bonchev–Trinajstić information content (AvgIpc) is 3.16. The van der Waals surface area contributed by atoms with E-state index in [0.717, 1.165) is 18.7 Å². The van der Waals surface area contributed by atoms with E-state index >= 15 is 0 Å². The van der Waals surface area contributed by atoms with E-state index in [1.165, 1.54) is 29.1 Å². The maximum Gasteiger partial charge on any atom is 0.223 e. The number of nitrogens with one attached hydrogen (secondary N) is 1. The van der Waals surface area contributed by atoms with Crippen molar-refractivity contribution in [1.82, 2.24) is 9.62 Å². The molecule has 26 heavy (non-hydrogen) atoms. The third kappa shape index (κ3) is 4.57. The van der Waals surface area contributed by atoms with E-state index in [-0.39, 0.29) is 17.9 Å². The van der Waals surface area contributed by atoms with Crippen molar-refractivity contribution in [1.29, 1.82) is 0 Å². The zero-order chi connectivity index (χ0) is 18.7. The van der Waals surface area contributed by atoms with Gasteiger partial charge in [-0.1, -0.05) is 12.1 Å². The zero-order valence-electron chi connectivity index (χ0n) is 15.6. The third-order valence-corrected chi connectivity index (χ3v) is 6.82. The molecule has 144 valence electrons. The summed E-state index contributed by atoms with van der Waals surface area (Å²) < 4.78 is 24.6. The van der Waals surface area contributed by atoms with Crippen LogP contribution in [0.2, 0.25) is 0 Å². The molecule has 1 amide bonds. The molecule has 3 rings (SSSR count). The summed E-state index contributed by atoms with van der Waals surface area (Å²) in [5.74, 6) is -0.0893. The Hall–Kier alpha value is -1.60. The number of carbonyl (C=O) groups excluding carboxylic acids is 1. The molecular weight excluding hydrogens is 350 g/mol. The number of nitrogens with zero attached hydrogens (tertiary/aromatic N) is 2. The highest BCUT2D eigenvalue weighted by Crippen LogP contribution is 2.24. The highest BCUT2D eigenvalue weighted by atomic mass is 32.2. The van der Waals surface area contributed by atoms with Crippen molar-refractivity contribution in [3.8, 4) is 0 Å². The average molecular weight is 380 g/mol. The molecule has 0 radical (unpaired) electrons. The van der Waals surface area contributed by atoms with E-state index in [4.69, 9.17) is 0 Å². The SMILES string of the molecule is CC(NC(=O)C1CCN(S(C)(=O)=O)CC1)c1ccc(N2CCCC2)cc1. The van der Waals surface area contributed by atoms with Crippen LogP contribution in [0.1, 0.15) is 44.2 Å². The molecule has 0 saturated carbocycles. The van der Waals surface area contributed by atoms with Crippen molar-refractivity contribution in [3.05, 3.63) is 29.8 Å². The van der Waals surface area contributed by atoms with Gasteiger partial charge in [0.05, 0.1) is 12.3 Å². The van der Waals surface area contributed by atoms with Crippen LogP contribution in [0.25, 0.3) is 0 Å². The highest BCUT2D eigenvalue weighted by Gasteiger charge is 2.29. The van der Waals surface area contributed by atoms with Gasteiger partial charge in [0, 0.05) is 37.8 Å². The summed E-state index contributed by atoms with van der Waals surface area (Å²) in [6.45, 7) is 5.09. The van der Waals surface area contributed by atoms with Gasteiger partial charge < -0.3 is 10.2 Å². The Morgan fingerprint density at radius 3 is 2.19 bits per heavy atom. The molecule has 1 aromatic rings. The molecule has 2 aliphatic rings. The summed E-state index contributed by atoms with van der Waals surface area (Å²) in [5, 5.41) is 3.09. The fourth-order valence-electron chi connectivity index (χ4n) is 3.81. The van der Waals surface area contributed by atoms with Gasteiger partial charge in [0.15, 0.2) is 0 Å². The number of hydrogen-bond donors (Lipinski definition) is 1. The molecule has 7 heteroatoms. The molecule has 2 saturated heterocycles.